The summed E-state index contributed by atoms with van der Waals surface area (Å²) in [4.78, 5) is 10.8. The number of methoxy groups -OCH3 is 1. The molecule has 0 aromatic carbocycles. The number of hydrogen-bond donors (Lipinski definition) is 1. The van der Waals surface area contributed by atoms with Gasteiger partial charge in [-0.1, -0.05) is 13.8 Å². The molecule has 0 fully saturated rings. The van der Waals surface area contributed by atoms with Gasteiger partial charge in [-0.3, -0.25) is 4.79 Å². The van der Waals surface area contributed by atoms with Crippen LogP contribution < -0.4 is 5.32 Å². The highest BCUT2D eigenvalue weighted by atomic mass is 32.2. The molecular formula is C11H23NO2S. The summed E-state index contributed by atoms with van der Waals surface area (Å²) in [6, 6.07) is 0.576. The second-order valence-corrected chi connectivity index (χ2v) is 4.61. The van der Waals surface area contributed by atoms with Gasteiger partial charge in [0.1, 0.15) is 0 Å². The van der Waals surface area contributed by atoms with Crippen LogP contribution in [0, 0.1) is 0 Å². The number of ether oxygens (including phenoxy) is 1. The summed E-state index contributed by atoms with van der Waals surface area (Å²) in [6.07, 6.45) is 2.83. The van der Waals surface area contributed by atoms with Crippen molar-refractivity contribution in [3.63, 3.8) is 0 Å². The van der Waals surface area contributed by atoms with E-state index >= 15 is 0 Å². The van der Waals surface area contributed by atoms with Gasteiger partial charge >= 0.3 is 5.97 Å². The fourth-order valence-electron chi connectivity index (χ4n) is 1.15. The first-order chi connectivity index (χ1) is 7.24. The molecule has 15 heavy (non-hydrogen) atoms. The second kappa shape index (κ2) is 10.3. The molecule has 0 saturated carbocycles. The van der Waals surface area contributed by atoms with Gasteiger partial charge in [-0.2, -0.15) is 11.8 Å². The SMILES string of the molecule is CCCNC(CC)CSCCC(=O)OC. The summed E-state index contributed by atoms with van der Waals surface area (Å²) >= 11 is 1.82. The molecule has 90 valence electrons. The van der Waals surface area contributed by atoms with Crippen molar-refractivity contribution in [3.8, 4) is 0 Å². The predicted octanol–water partition coefficient (Wildman–Crippen LogP) is 2.06. The summed E-state index contributed by atoms with van der Waals surface area (Å²) < 4.78 is 4.58. The Kier molecular flexibility index (Phi) is 10.2. The lowest BCUT2D eigenvalue weighted by Gasteiger charge is -2.15. The number of thioether (sulfide) groups is 1. The molecule has 0 aliphatic heterocycles. The smallest absolute Gasteiger partial charge is 0.306 e. The number of nitrogens with one attached hydrogen (secondary N) is 1. The molecular weight excluding hydrogens is 210 g/mol. The van der Waals surface area contributed by atoms with Crippen LogP contribution in [0.2, 0.25) is 0 Å². The molecule has 0 rings (SSSR count). The van der Waals surface area contributed by atoms with Crippen molar-refractivity contribution >= 4 is 17.7 Å². The first-order valence-corrected chi connectivity index (χ1v) is 6.78. The second-order valence-electron chi connectivity index (χ2n) is 3.46. The lowest BCUT2D eigenvalue weighted by molar-refractivity contribution is -0.140. The van der Waals surface area contributed by atoms with Crippen molar-refractivity contribution in [3.05, 3.63) is 0 Å². The quantitative estimate of drug-likeness (QED) is 0.489. The van der Waals surface area contributed by atoms with E-state index in [-0.39, 0.29) is 5.97 Å². The van der Waals surface area contributed by atoms with E-state index in [0.29, 0.717) is 12.5 Å². The predicted molar refractivity (Wildman–Crippen MR) is 66.3 cm³/mol. The Morgan fingerprint density at radius 3 is 2.73 bits per heavy atom. The van der Waals surface area contributed by atoms with Crippen molar-refractivity contribution in [2.45, 2.75) is 39.2 Å². The fraction of sp³-hybridized carbons (Fsp3) is 0.909. The summed E-state index contributed by atoms with van der Waals surface area (Å²) in [5.74, 6) is 1.82. The van der Waals surface area contributed by atoms with Crippen LogP contribution in [0.3, 0.4) is 0 Å². The minimum atomic E-state index is -0.114. The van der Waals surface area contributed by atoms with E-state index in [1.165, 1.54) is 13.5 Å². The van der Waals surface area contributed by atoms with E-state index in [4.69, 9.17) is 0 Å². The highest BCUT2D eigenvalue weighted by molar-refractivity contribution is 7.99. The van der Waals surface area contributed by atoms with E-state index in [2.05, 4.69) is 23.9 Å². The minimum absolute atomic E-state index is 0.114. The Morgan fingerprint density at radius 2 is 2.20 bits per heavy atom. The zero-order valence-corrected chi connectivity index (χ0v) is 10.9. The summed E-state index contributed by atoms with van der Waals surface area (Å²) in [5.41, 5.74) is 0. The van der Waals surface area contributed by atoms with E-state index in [1.807, 2.05) is 11.8 Å². The van der Waals surface area contributed by atoms with Crippen LogP contribution in [-0.2, 0) is 9.53 Å². The molecule has 0 aromatic heterocycles. The molecule has 3 nitrogen and oxygen atoms in total. The van der Waals surface area contributed by atoms with Crippen molar-refractivity contribution in [2.75, 3.05) is 25.2 Å². The summed E-state index contributed by atoms with van der Waals surface area (Å²) in [6.45, 7) is 5.44. The Hall–Kier alpha value is -0.220. The zero-order chi connectivity index (χ0) is 11.5. The van der Waals surface area contributed by atoms with Gasteiger partial charge in [0.05, 0.1) is 13.5 Å². The average molecular weight is 233 g/mol. The molecule has 1 N–H and O–H groups in total. The van der Waals surface area contributed by atoms with Crippen molar-refractivity contribution < 1.29 is 9.53 Å². The van der Waals surface area contributed by atoms with Crippen LogP contribution in [0.4, 0.5) is 0 Å². The van der Waals surface area contributed by atoms with E-state index < -0.39 is 0 Å². The molecule has 0 heterocycles. The summed E-state index contributed by atoms with van der Waals surface area (Å²) in [7, 11) is 1.44. The Balaban J connectivity index is 3.41. The maximum absolute atomic E-state index is 10.8. The number of carbonyl (C=O) groups excluding carboxylic acids is 1. The van der Waals surface area contributed by atoms with Crippen LogP contribution in [0.25, 0.3) is 0 Å². The lowest BCUT2D eigenvalue weighted by atomic mass is 10.2. The van der Waals surface area contributed by atoms with Gasteiger partial charge in [0, 0.05) is 17.5 Å². The van der Waals surface area contributed by atoms with Gasteiger partial charge in [-0.15, -0.1) is 0 Å². The van der Waals surface area contributed by atoms with E-state index in [1.54, 1.807) is 0 Å². The van der Waals surface area contributed by atoms with E-state index in [9.17, 15) is 4.79 Å². The molecule has 4 heteroatoms. The van der Waals surface area contributed by atoms with Crippen molar-refractivity contribution in [1.29, 1.82) is 0 Å². The maximum atomic E-state index is 10.8. The molecule has 1 atom stereocenters. The number of esters is 1. The van der Waals surface area contributed by atoms with E-state index in [0.717, 1.165) is 24.5 Å². The van der Waals surface area contributed by atoms with Crippen molar-refractivity contribution in [2.24, 2.45) is 0 Å². The first kappa shape index (κ1) is 14.8. The highest BCUT2D eigenvalue weighted by Gasteiger charge is 2.05. The molecule has 1 unspecified atom stereocenters. The van der Waals surface area contributed by atoms with Crippen LogP contribution in [-0.4, -0.2) is 37.2 Å². The zero-order valence-electron chi connectivity index (χ0n) is 10.0. The number of hydrogen-bond acceptors (Lipinski definition) is 4. The topological polar surface area (TPSA) is 38.3 Å². The van der Waals surface area contributed by atoms with Crippen molar-refractivity contribution in [1.82, 2.24) is 5.32 Å². The monoisotopic (exact) mass is 233 g/mol. The standard InChI is InChI=1S/C11H23NO2S/c1-4-7-12-10(5-2)9-15-8-6-11(13)14-3/h10,12H,4-9H2,1-3H3. The summed E-state index contributed by atoms with van der Waals surface area (Å²) in [5, 5.41) is 3.48. The minimum Gasteiger partial charge on any atom is -0.469 e. The third kappa shape index (κ3) is 8.75. The van der Waals surface area contributed by atoms with Gasteiger partial charge in [-0.25, -0.2) is 0 Å². The normalized spacial score (nSPS) is 12.5. The lowest BCUT2D eigenvalue weighted by Crippen LogP contribution is -2.31. The maximum Gasteiger partial charge on any atom is 0.306 e. The fourth-order valence-corrected chi connectivity index (χ4v) is 2.27. The van der Waals surface area contributed by atoms with Gasteiger partial charge < -0.3 is 10.1 Å². The Morgan fingerprint density at radius 1 is 1.47 bits per heavy atom. The van der Waals surface area contributed by atoms with Gasteiger partial charge in [0.25, 0.3) is 0 Å². The molecule has 0 amide bonds. The number of carbonyl (C=O) groups is 1. The largest absolute Gasteiger partial charge is 0.469 e. The van der Waals surface area contributed by atoms with Gasteiger partial charge in [0.2, 0.25) is 0 Å². The van der Waals surface area contributed by atoms with Crippen LogP contribution in [0.15, 0.2) is 0 Å². The molecule has 0 aliphatic carbocycles. The van der Waals surface area contributed by atoms with Crippen LogP contribution >= 0.6 is 11.8 Å². The van der Waals surface area contributed by atoms with Crippen LogP contribution in [0.1, 0.15) is 33.1 Å². The number of rotatable bonds is 9. The molecule has 0 bridgehead atoms. The average Bonchev–Trinajstić information content (AvgIpc) is 2.27. The third-order valence-electron chi connectivity index (χ3n) is 2.17. The Labute approximate surface area is 97.3 Å². The highest BCUT2D eigenvalue weighted by Crippen LogP contribution is 2.07. The van der Waals surface area contributed by atoms with Gasteiger partial charge in [-0.05, 0) is 19.4 Å². The van der Waals surface area contributed by atoms with Crippen LogP contribution in [0.5, 0.6) is 0 Å². The van der Waals surface area contributed by atoms with Gasteiger partial charge in [0.15, 0.2) is 0 Å². The molecule has 0 saturated heterocycles. The molecule has 0 radical (unpaired) electrons. The molecule has 0 spiro atoms. The molecule has 0 aromatic rings. The third-order valence-corrected chi connectivity index (χ3v) is 3.30. The Bertz CT molecular complexity index is 165. The first-order valence-electron chi connectivity index (χ1n) is 5.62. The molecule has 0 aliphatic rings.